The Bertz CT molecular complexity index is 1140. The molecule has 186 valence electrons. The number of anilines is 2. The van der Waals surface area contributed by atoms with Gasteiger partial charge in [-0.1, -0.05) is 24.3 Å². The van der Waals surface area contributed by atoms with E-state index in [1.165, 1.54) is 28.8 Å². The molecule has 3 aromatic rings. The summed E-state index contributed by atoms with van der Waals surface area (Å²) in [4.78, 5) is 14.6. The Morgan fingerprint density at radius 2 is 1.89 bits per heavy atom. The smallest absolute Gasteiger partial charge is 0.223 e. The van der Waals surface area contributed by atoms with Crippen molar-refractivity contribution in [2.45, 2.75) is 31.7 Å². The van der Waals surface area contributed by atoms with E-state index < -0.39 is 0 Å². The number of ether oxygens (including phenoxy) is 1. The SMILES string of the molecule is COc1cccc(N(C)C)c1CN1CCC(c2nc(NCC3CCNC3)nc3ccccc23)CC1. The van der Waals surface area contributed by atoms with E-state index in [2.05, 4.69) is 77.0 Å². The maximum atomic E-state index is 5.71. The molecule has 2 saturated heterocycles. The van der Waals surface area contributed by atoms with Gasteiger partial charge in [-0.2, -0.15) is 0 Å². The molecule has 0 aliphatic carbocycles. The zero-order chi connectivity index (χ0) is 24.2. The fraction of sp³-hybridized carbons (Fsp3) is 0.500. The summed E-state index contributed by atoms with van der Waals surface area (Å²) in [6, 6.07) is 14.8. The summed E-state index contributed by atoms with van der Waals surface area (Å²) in [7, 11) is 5.96. The first-order valence-electron chi connectivity index (χ1n) is 12.9. The third-order valence-corrected chi connectivity index (χ3v) is 7.51. The molecule has 2 fully saturated rings. The first kappa shape index (κ1) is 23.8. The summed E-state index contributed by atoms with van der Waals surface area (Å²) in [5.41, 5.74) is 4.73. The van der Waals surface area contributed by atoms with Crippen LogP contribution in [0.5, 0.6) is 5.75 Å². The molecule has 3 heterocycles. The number of benzene rings is 2. The van der Waals surface area contributed by atoms with Crippen molar-refractivity contribution in [3.63, 3.8) is 0 Å². The molecule has 0 radical (unpaired) electrons. The minimum Gasteiger partial charge on any atom is -0.496 e. The lowest BCUT2D eigenvalue weighted by molar-refractivity contribution is 0.202. The number of methoxy groups -OCH3 is 1. The zero-order valence-electron chi connectivity index (χ0n) is 21.3. The number of nitrogens with one attached hydrogen (secondary N) is 2. The molecule has 1 aromatic heterocycles. The molecule has 2 N–H and O–H groups in total. The average molecular weight is 475 g/mol. The number of piperidine rings is 1. The van der Waals surface area contributed by atoms with Gasteiger partial charge in [0.1, 0.15) is 5.75 Å². The van der Waals surface area contributed by atoms with Crippen LogP contribution in [0.3, 0.4) is 0 Å². The predicted molar refractivity (Wildman–Crippen MR) is 144 cm³/mol. The largest absolute Gasteiger partial charge is 0.496 e. The van der Waals surface area contributed by atoms with E-state index in [1.807, 2.05) is 0 Å². The second-order valence-electron chi connectivity index (χ2n) is 10.1. The fourth-order valence-corrected chi connectivity index (χ4v) is 5.53. The summed E-state index contributed by atoms with van der Waals surface area (Å²) in [6.07, 6.45) is 3.41. The lowest BCUT2D eigenvalue weighted by Crippen LogP contribution is -2.33. The summed E-state index contributed by atoms with van der Waals surface area (Å²) in [5, 5.41) is 8.17. The Kier molecular flexibility index (Phi) is 7.35. The molecule has 2 aliphatic heterocycles. The van der Waals surface area contributed by atoms with Crippen molar-refractivity contribution in [3.05, 3.63) is 53.7 Å². The third-order valence-electron chi connectivity index (χ3n) is 7.51. The second-order valence-corrected chi connectivity index (χ2v) is 10.1. The van der Waals surface area contributed by atoms with Crippen molar-refractivity contribution in [2.75, 3.05) is 64.1 Å². The maximum Gasteiger partial charge on any atom is 0.223 e. The van der Waals surface area contributed by atoms with E-state index in [-0.39, 0.29) is 0 Å². The predicted octanol–water partition coefficient (Wildman–Crippen LogP) is 4.11. The van der Waals surface area contributed by atoms with Crippen LogP contribution in [-0.4, -0.2) is 68.8 Å². The Balaban J connectivity index is 1.31. The first-order valence-corrected chi connectivity index (χ1v) is 12.9. The van der Waals surface area contributed by atoms with Crippen molar-refractivity contribution >= 4 is 22.5 Å². The average Bonchev–Trinajstić information content (AvgIpc) is 3.41. The molecule has 2 aliphatic rings. The highest BCUT2D eigenvalue weighted by Crippen LogP contribution is 2.35. The van der Waals surface area contributed by atoms with Crippen LogP contribution in [0.1, 0.15) is 36.4 Å². The van der Waals surface area contributed by atoms with E-state index in [9.17, 15) is 0 Å². The van der Waals surface area contributed by atoms with Crippen LogP contribution in [0.4, 0.5) is 11.6 Å². The molecule has 5 rings (SSSR count). The number of para-hydroxylation sites is 1. The minimum atomic E-state index is 0.443. The Hall–Kier alpha value is -2.90. The lowest BCUT2D eigenvalue weighted by Gasteiger charge is -2.33. The molecule has 0 saturated carbocycles. The van der Waals surface area contributed by atoms with Gasteiger partial charge in [0.2, 0.25) is 5.95 Å². The number of rotatable bonds is 8. The van der Waals surface area contributed by atoms with Gasteiger partial charge in [0.25, 0.3) is 0 Å². The van der Waals surface area contributed by atoms with Gasteiger partial charge in [0, 0.05) is 49.7 Å². The van der Waals surface area contributed by atoms with Gasteiger partial charge >= 0.3 is 0 Å². The zero-order valence-corrected chi connectivity index (χ0v) is 21.3. The van der Waals surface area contributed by atoms with Crippen molar-refractivity contribution in [2.24, 2.45) is 5.92 Å². The van der Waals surface area contributed by atoms with E-state index in [0.717, 1.165) is 69.3 Å². The van der Waals surface area contributed by atoms with Crippen molar-refractivity contribution < 1.29 is 4.74 Å². The fourth-order valence-electron chi connectivity index (χ4n) is 5.53. The van der Waals surface area contributed by atoms with Crippen LogP contribution in [-0.2, 0) is 6.54 Å². The number of likely N-dealkylation sites (tertiary alicyclic amines) is 1. The van der Waals surface area contributed by atoms with E-state index >= 15 is 0 Å². The number of aromatic nitrogens is 2. The van der Waals surface area contributed by atoms with Crippen LogP contribution >= 0.6 is 0 Å². The molecule has 7 heteroatoms. The highest BCUT2D eigenvalue weighted by molar-refractivity contribution is 5.82. The third kappa shape index (κ3) is 5.36. The molecule has 0 spiro atoms. The standard InChI is InChI=1S/C28H38N6O/c1-33(2)25-9-6-10-26(35-3)23(25)19-34-15-12-21(13-16-34)27-22-7-4-5-8-24(22)31-28(32-27)30-18-20-11-14-29-17-20/h4-10,20-21,29H,11-19H2,1-3H3,(H,30,31,32). The first-order chi connectivity index (χ1) is 17.1. The maximum absolute atomic E-state index is 5.71. The molecular weight excluding hydrogens is 436 g/mol. The monoisotopic (exact) mass is 474 g/mol. The molecule has 1 atom stereocenters. The summed E-state index contributed by atoms with van der Waals surface area (Å²) in [6.45, 7) is 6.11. The van der Waals surface area contributed by atoms with Crippen LogP contribution in [0.25, 0.3) is 10.9 Å². The van der Waals surface area contributed by atoms with Crippen LogP contribution in [0.15, 0.2) is 42.5 Å². The van der Waals surface area contributed by atoms with Gasteiger partial charge in [-0.25, -0.2) is 9.97 Å². The topological polar surface area (TPSA) is 65.6 Å². The molecule has 7 nitrogen and oxygen atoms in total. The lowest BCUT2D eigenvalue weighted by atomic mass is 9.90. The number of nitrogens with zero attached hydrogens (tertiary/aromatic N) is 4. The van der Waals surface area contributed by atoms with Crippen molar-refractivity contribution in [3.8, 4) is 5.75 Å². The van der Waals surface area contributed by atoms with Gasteiger partial charge in [-0.3, -0.25) is 4.90 Å². The molecule has 0 amide bonds. The number of hydrogen-bond acceptors (Lipinski definition) is 7. The Labute approximate surface area is 208 Å². The van der Waals surface area contributed by atoms with Crippen molar-refractivity contribution in [1.82, 2.24) is 20.2 Å². The molecule has 1 unspecified atom stereocenters. The molecule has 0 bridgehead atoms. The highest BCUT2D eigenvalue weighted by atomic mass is 16.5. The van der Waals surface area contributed by atoms with Crippen molar-refractivity contribution in [1.29, 1.82) is 0 Å². The van der Waals surface area contributed by atoms with Crippen LogP contribution < -0.4 is 20.3 Å². The summed E-state index contributed by atoms with van der Waals surface area (Å²) in [5.74, 6) is 2.84. The van der Waals surface area contributed by atoms with E-state index in [0.29, 0.717) is 11.8 Å². The minimum absolute atomic E-state index is 0.443. The quantitative estimate of drug-likeness (QED) is 0.509. The normalized spacial score (nSPS) is 19.2. The van der Waals surface area contributed by atoms with Gasteiger partial charge < -0.3 is 20.3 Å². The van der Waals surface area contributed by atoms with Gasteiger partial charge in [-0.05, 0) is 69.6 Å². The van der Waals surface area contributed by atoms with E-state index in [4.69, 9.17) is 14.7 Å². The van der Waals surface area contributed by atoms with Crippen LogP contribution in [0.2, 0.25) is 0 Å². The van der Waals surface area contributed by atoms with Gasteiger partial charge in [-0.15, -0.1) is 0 Å². The second kappa shape index (κ2) is 10.8. The summed E-state index contributed by atoms with van der Waals surface area (Å²) >= 11 is 0. The Morgan fingerprint density at radius 1 is 1.06 bits per heavy atom. The van der Waals surface area contributed by atoms with Gasteiger partial charge in [0.15, 0.2) is 0 Å². The molecular formula is C28H38N6O. The highest BCUT2D eigenvalue weighted by Gasteiger charge is 2.26. The number of fused-ring (bicyclic) bond motifs is 1. The summed E-state index contributed by atoms with van der Waals surface area (Å²) < 4.78 is 5.71. The number of hydrogen-bond donors (Lipinski definition) is 2. The molecule has 2 aromatic carbocycles. The molecule has 35 heavy (non-hydrogen) atoms. The van der Waals surface area contributed by atoms with E-state index in [1.54, 1.807) is 7.11 Å². The van der Waals surface area contributed by atoms with Crippen LogP contribution in [0, 0.1) is 5.92 Å². The Morgan fingerprint density at radius 3 is 2.63 bits per heavy atom. The van der Waals surface area contributed by atoms with Gasteiger partial charge in [0.05, 0.1) is 18.3 Å².